The molecule has 1 fully saturated rings. The monoisotopic (exact) mass is 262 g/mol. The van der Waals surface area contributed by atoms with Crippen LogP contribution in [0.1, 0.15) is 25.3 Å². The second-order valence-corrected chi connectivity index (χ2v) is 5.12. The highest BCUT2D eigenvalue weighted by Crippen LogP contribution is 2.18. The Labute approximate surface area is 114 Å². The first-order chi connectivity index (χ1) is 9.15. The number of hydrogen-bond donors (Lipinski definition) is 2. The Bertz CT molecular complexity index is 430. The summed E-state index contributed by atoms with van der Waals surface area (Å²) in [6.45, 7) is 5.14. The number of hydrogen-bond acceptors (Lipinski definition) is 3. The van der Waals surface area contributed by atoms with Crippen LogP contribution in [0.15, 0.2) is 24.3 Å². The molecule has 1 aliphatic rings. The van der Waals surface area contributed by atoms with Crippen LogP contribution < -0.4 is 15.4 Å². The Kier molecular flexibility index (Phi) is 4.80. The van der Waals surface area contributed by atoms with Gasteiger partial charge in [0, 0.05) is 12.6 Å². The van der Waals surface area contributed by atoms with Crippen LogP contribution in [0.4, 0.5) is 0 Å². The molecule has 1 saturated carbocycles. The number of carbonyl (C=O) groups is 1. The molecule has 4 nitrogen and oxygen atoms in total. The lowest BCUT2D eigenvalue weighted by Gasteiger charge is -2.14. The van der Waals surface area contributed by atoms with Crippen molar-refractivity contribution in [3.63, 3.8) is 0 Å². The average Bonchev–Trinajstić information content (AvgIpc) is 3.18. The Morgan fingerprint density at radius 1 is 1.47 bits per heavy atom. The summed E-state index contributed by atoms with van der Waals surface area (Å²) in [6, 6.07) is 8.21. The Hall–Kier alpha value is -1.55. The first-order valence-electron chi connectivity index (χ1n) is 6.88. The predicted octanol–water partition coefficient (Wildman–Crippen LogP) is 1.63. The van der Waals surface area contributed by atoms with Gasteiger partial charge < -0.3 is 15.4 Å². The lowest BCUT2D eigenvalue weighted by Crippen LogP contribution is -2.44. The third-order valence-corrected chi connectivity index (χ3v) is 3.13. The molecule has 0 bridgehead atoms. The largest absolute Gasteiger partial charge is 0.492 e. The molecule has 1 aromatic rings. The van der Waals surface area contributed by atoms with Gasteiger partial charge >= 0.3 is 0 Å². The molecule has 0 aliphatic heterocycles. The summed E-state index contributed by atoms with van der Waals surface area (Å²) in [5.74, 6) is 0.954. The quantitative estimate of drug-likeness (QED) is 0.734. The zero-order valence-corrected chi connectivity index (χ0v) is 11.6. The molecule has 19 heavy (non-hydrogen) atoms. The summed E-state index contributed by atoms with van der Waals surface area (Å²) in [5, 5.41) is 6.14. The van der Waals surface area contributed by atoms with Crippen molar-refractivity contribution in [1.29, 1.82) is 0 Å². The third-order valence-electron chi connectivity index (χ3n) is 3.13. The first-order valence-corrected chi connectivity index (χ1v) is 6.88. The van der Waals surface area contributed by atoms with Gasteiger partial charge in [-0.15, -0.1) is 0 Å². The van der Waals surface area contributed by atoms with Crippen LogP contribution in [-0.2, 0) is 4.79 Å². The van der Waals surface area contributed by atoms with E-state index in [9.17, 15) is 4.79 Å². The standard InChI is InChI=1S/C15H22N2O2/c1-11-4-3-5-14(10-11)19-9-8-16-12(2)15(18)17-13-6-7-13/h3-5,10,12-13,16H,6-9H2,1-2H3,(H,17,18). The topological polar surface area (TPSA) is 50.4 Å². The normalized spacial score (nSPS) is 15.9. The predicted molar refractivity (Wildman–Crippen MR) is 75.3 cm³/mol. The molecular weight excluding hydrogens is 240 g/mol. The van der Waals surface area contributed by atoms with Crippen LogP contribution in [0.3, 0.4) is 0 Å². The fraction of sp³-hybridized carbons (Fsp3) is 0.533. The number of nitrogens with one attached hydrogen (secondary N) is 2. The van der Waals surface area contributed by atoms with Crippen LogP contribution in [0.2, 0.25) is 0 Å². The van der Waals surface area contributed by atoms with E-state index in [-0.39, 0.29) is 11.9 Å². The van der Waals surface area contributed by atoms with Crippen molar-refractivity contribution in [2.45, 2.75) is 38.8 Å². The van der Waals surface area contributed by atoms with Crippen LogP contribution in [0.25, 0.3) is 0 Å². The van der Waals surface area contributed by atoms with Crippen molar-refractivity contribution in [2.24, 2.45) is 0 Å². The van der Waals surface area contributed by atoms with Crippen molar-refractivity contribution in [1.82, 2.24) is 10.6 Å². The van der Waals surface area contributed by atoms with Crippen molar-refractivity contribution in [3.8, 4) is 5.75 Å². The van der Waals surface area contributed by atoms with E-state index in [0.717, 1.165) is 18.6 Å². The summed E-state index contributed by atoms with van der Waals surface area (Å²) in [6.07, 6.45) is 2.24. The van der Waals surface area contributed by atoms with E-state index in [1.165, 1.54) is 5.56 Å². The van der Waals surface area contributed by atoms with Gasteiger partial charge in [-0.05, 0) is 44.4 Å². The van der Waals surface area contributed by atoms with Gasteiger partial charge in [0.1, 0.15) is 12.4 Å². The minimum atomic E-state index is -0.165. The molecule has 0 spiro atoms. The van der Waals surface area contributed by atoms with Crippen molar-refractivity contribution < 1.29 is 9.53 Å². The third kappa shape index (κ3) is 4.91. The van der Waals surface area contributed by atoms with E-state index >= 15 is 0 Å². The number of rotatable bonds is 7. The Morgan fingerprint density at radius 3 is 2.95 bits per heavy atom. The van der Waals surface area contributed by atoms with Gasteiger partial charge in [-0.1, -0.05) is 12.1 Å². The highest BCUT2D eigenvalue weighted by molar-refractivity contribution is 5.81. The maximum absolute atomic E-state index is 11.7. The maximum atomic E-state index is 11.7. The van der Waals surface area contributed by atoms with Crippen LogP contribution in [-0.4, -0.2) is 31.1 Å². The molecular formula is C15H22N2O2. The maximum Gasteiger partial charge on any atom is 0.237 e. The summed E-state index contributed by atoms with van der Waals surface area (Å²) in [4.78, 5) is 11.7. The lowest BCUT2D eigenvalue weighted by atomic mass is 10.2. The van der Waals surface area contributed by atoms with Gasteiger partial charge in [-0.2, -0.15) is 0 Å². The summed E-state index contributed by atoms with van der Waals surface area (Å²) >= 11 is 0. The fourth-order valence-electron chi connectivity index (χ4n) is 1.80. The Balaban J connectivity index is 1.61. The van der Waals surface area contributed by atoms with Crippen LogP contribution in [0.5, 0.6) is 5.75 Å². The molecule has 2 N–H and O–H groups in total. The molecule has 1 aromatic carbocycles. The van der Waals surface area contributed by atoms with Gasteiger partial charge in [0.05, 0.1) is 6.04 Å². The molecule has 1 atom stereocenters. The van der Waals surface area contributed by atoms with Crippen molar-refractivity contribution >= 4 is 5.91 Å². The molecule has 1 unspecified atom stereocenters. The average molecular weight is 262 g/mol. The highest BCUT2D eigenvalue weighted by atomic mass is 16.5. The molecule has 1 amide bonds. The molecule has 1 aliphatic carbocycles. The van der Waals surface area contributed by atoms with Crippen molar-refractivity contribution in [3.05, 3.63) is 29.8 Å². The molecule has 4 heteroatoms. The van der Waals surface area contributed by atoms with E-state index in [4.69, 9.17) is 4.74 Å². The Morgan fingerprint density at radius 2 is 2.26 bits per heavy atom. The first kappa shape index (κ1) is 13.9. The van der Waals surface area contributed by atoms with E-state index in [1.807, 2.05) is 38.1 Å². The van der Waals surface area contributed by atoms with Gasteiger partial charge in [-0.25, -0.2) is 0 Å². The van der Waals surface area contributed by atoms with Crippen LogP contribution in [0, 0.1) is 6.92 Å². The number of aryl methyl sites for hydroxylation is 1. The SMILES string of the molecule is Cc1cccc(OCCNC(C)C(=O)NC2CC2)c1. The van der Waals surface area contributed by atoms with E-state index in [2.05, 4.69) is 10.6 Å². The smallest absolute Gasteiger partial charge is 0.237 e. The van der Waals surface area contributed by atoms with Gasteiger partial charge in [0.2, 0.25) is 5.91 Å². The number of carbonyl (C=O) groups excluding carboxylic acids is 1. The number of amides is 1. The van der Waals surface area contributed by atoms with Gasteiger partial charge in [0.15, 0.2) is 0 Å². The summed E-state index contributed by atoms with van der Waals surface area (Å²) in [5.41, 5.74) is 1.18. The molecule has 2 rings (SSSR count). The van der Waals surface area contributed by atoms with E-state index in [1.54, 1.807) is 0 Å². The fourth-order valence-corrected chi connectivity index (χ4v) is 1.80. The molecule has 104 valence electrons. The molecule has 0 radical (unpaired) electrons. The van der Waals surface area contributed by atoms with Gasteiger partial charge in [0.25, 0.3) is 0 Å². The van der Waals surface area contributed by atoms with E-state index in [0.29, 0.717) is 19.2 Å². The van der Waals surface area contributed by atoms with Gasteiger partial charge in [-0.3, -0.25) is 4.79 Å². The zero-order valence-electron chi connectivity index (χ0n) is 11.6. The molecule has 0 saturated heterocycles. The molecule has 0 aromatic heterocycles. The van der Waals surface area contributed by atoms with E-state index < -0.39 is 0 Å². The number of benzene rings is 1. The lowest BCUT2D eigenvalue weighted by molar-refractivity contribution is -0.122. The minimum absolute atomic E-state index is 0.0815. The highest BCUT2D eigenvalue weighted by Gasteiger charge is 2.25. The zero-order chi connectivity index (χ0) is 13.7. The molecule has 0 heterocycles. The number of ether oxygens (including phenoxy) is 1. The second kappa shape index (κ2) is 6.57. The minimum Gasteiger partial charge on any atom is -0.492 e. The summed E-state index contributed by atoms with van der Waals surface area (Å²) in [7, 11) is 0. The van der Waals surface area contributed by atoms with Crippen molar-refractivity contribution in [2.75, 3.05) is 13.2 Å². The van der Waals surface area contributed by atoms with Crippen LogP contribution >= 0.6 is 0 Å². The summed E-state index contributed by atoms with van der Waals surface area (Å²) < 4.78 is 5.62. The second-order valence-electron chi connectivity index (χ2n) is 5.12.